The Hall–Kier alpha value is -1.82. The van der Waals surface area contributed by atoms with E-state index in [4.69, 9.17) is 11.6 Å². The number of halogens is 1. The SMILES string of the molecule is CNc1ncc(C(=O)OC)cc1N1CC(Cl)CC1=O. The number of pyridine rings is 1. The van der Waals surface area contributed by atoms with Crippen LogP contribution in [-0.2, 0) is 9.53 Å². The zero-order valence-electron chi connectivity index (χ0n) is 10.6. The van der Waals surface area contributed by atoms with Crippen molar-refractivity contribution in [3.63, 3.8) is 0 Å². The molecular weight excluding hydrogens is 270 g/mol. The lowest BCUT2D eigenvalue weighted by molar-refractivity contribution is -0.117. The molecule has 1 aliphatic heterocycles. The maximum Gasteiger partial charge on any atom is 0.339 e. The number of esters is 1. The summed E-state index contributed by atoms with van der Waals surface area (Å²) >= 11 is 5.98. The molecule has 1 aliphatic rings. The minimum atomic E-state index is -0.495. The third kappa shape index (κ3) is 2.63. The first-order valence-corrected chi connectivity index (χ1v) is 6.21. The molecular formula is C12H14ClN3O3. The van der Waals surface area contributed by atoms with Gasteiger partial charge in [-0.2, -0.15) is 0 Å². The number of hydrogen-bond acceptors (Lipinski definition) is 5. The molecule has 0 aromatic carbocycles. The molecule has 0 saturated carbocycles. The molecule has 0 bridgehead atoms. The monoisotopic (exact) mass is 283 g/mol. The highest BCUT2D eigenvalue weighted by molar-refractivity contribution is 6.24. The van der Waals surface area contributed by atoms with Gasteiger partial charge in [-0.3, -0.25) is 4.79 Å². The average Bonchev–Trinajstić information content (AvgIpc) is 2.76. The molecule has 102 valence electrons. The predicted octanol–water partition coefficient (Wildman–Crippen LogP) is 1.25. The minimum Gasteiger partial charge on any atom is -0.465 e. The van der Waals surface area contributed by atoms with Crippen molar-refractivity contribution in [1.29, 1.82) is 0 Å². The molecule has 0 aliphatic carbocycles. The van der Waals surface area contributed by atoms with Crippen LogP contribution in [-0.4, -0.2) is 42.9 Å². The molecule has 2 rings (SSSR count). The maximum absolute atomic E-state index is 11.9. The molecule has 1 unspecified atom stereocenters. The number of methoxy groups -OCH3 is 1. The molecule has 1 N–H and O–H groups in total. The van der Waals surface area contributed by atoms with Gasteiger partial charge in [0.1, 0.15) is 5.82 Å². The van der Waals surface area contributed by atoms with E-state index in [1.54, 1.807) is 13.1 Å². The minimum absolute atomic E-state index is 0.0830. The second-order valence-corrected chi connectivity index (χ2v) is 4.76. The van der Waals surface area contributed by atoms with Crippen molar-refractivity contribution in [2.75, 3.05) is 30.9 Å². The van der Waals surface area contributed by atoms with Gasteiger partial charge in [-0.25, -0.2) is 9.78 Å². The van der Waals surface area contributed by atoms with Crippen molar-refractivity contribution in [3.05, 3.63) is 17.8 Å². The highest BCUT2D eigenvalue weighted by atomic mass is 35.5. The average molecular weight is 284 g/mol. The number of hydrogen-bond donors (Lipinski definition) is 1. The van der Waals surface area contributed by atoms with Crippen LogP contribution in [0.1, 0.15) is 16.8 Å². The van der Waals surface area contributed by atoms with Crippen LogP contribution in [0.25, 0.3) is 0 Å². The van der Waals surface area contributed by atoms with Crippen molar-refractivity contribution < 1.29 is 14.3 Å². The summed E-state index contributed by atoms with van der Waals surface area (Å²) in [5.74, 6) is -0.0578. The third-order valence-electron chi connectivity index (χ3n) is 2.89. The summed E-state index contributed by atoms with van der Waals surface area (Å²) in [6, 6.07) is 1.58. The number of carbonyl (C=O) groups excluding carboxylic acids is 2. The van der Waals surface area contributed by atoms with Crippen LogP contribution in [0, 0.1) is 0 Å². The Kier molecular flexibility index (Phi) is 3.90. The molecule has 6 nitrogen and oxygen atoms in total. The quantitative estimate of drug-likeness (QED) is 0.668. The molecule has 1 aromatic heterocycles. The topological polar surface area (TPSA) is 71.5 Å². The molecule has 1 aromatic rings. The Morgan fingerprint density at radius 3 is 2.89 bits per heavy atom. The normalized spacial score (nSPS) is 18.6. The van der Waals surface area contributed by atoms with Crippen LogP contribution >= 0.6 is 11.6 Å². The Morgan fingerprint density at radius 2 is 2.37 bits per heavy atom. The van der Waals surface area contributed by atoms with E-state index < -0.39 is 5.97 Å². The van der Waals surface area contributed by atoms with Crippen molar-refractivity contribution in [2.24, 2.45) is 0 Å². The number of rotatable bonds is 3. The molecule has 1 fully saturated rings. The van der Waals surface area contributed by atoms with E-state index >= 15 is 0 Å². The Bertz CT molecular complexity index is 521. The van der Waals surface area contributed by atoms with E-state index in [1.165, 1.54) is 18.2 Å². The largest absolute Gasteiger partial charge is 0.465 e. The van der Waals surface area contributed by atoms with E-state index in [-0.39, 0.29) is 17.7 Å². The summed E-state index contributed by atoms with van der Waals surface area (Å²) in [4.78, 5) is 29.0. The first-order valence-electron chi connectivity index (χ1n) is 5.77. The Labute approximate surface area is 115 Å². The third-order valence-corrected chi connectivity index (χ3v) is 3.19. The molecule has 0 radical (unpaired) electrons. The molecule has 1 atom stereocenters. The fourth-order valence-corrected chi connectivity index (χ4v) is 2.25. The zero-order chi connectivity index (χ0) is 14.0. The maximum atomic E-state index is 11.9. The van der Waals surface area contributed by atoms with Crippen molar-refractivity contribution in [2.45, 2.75) is 11.8 Å². The summed E-state index contributed by atoms with van der Waals surface area (Å²) in [5, 5.41) is 2.67. The zero-order valence-corrected chi connectivity index (χ0v) is 11.4. The molecule has 19 heavy (non-hydrogen) atoms. The lowest BCUT2D eigenvalue weighted by atomic mass is 10.2. The van der Waals surface area contributed by atoms with Gasteiger partial charge >= 0.3 is 5.97 Å². The summed E-state index contributed by atoms with van der Waals surface area (Å²) in [5.41, 5.74) is 0.834. The van der Waals surface area contributed by atoms with E-state index in [2.05, 4.69) is 15.0 Å². The first-order chi connectivity index (χ1) is 9.06. The van der Waals surface area contributed by atoms with Crippen molar-refractivity contribution >= 4 is 35.0 Å². The summed E-state index contributed by atoms with van der Waals surface area (Å²) in [6.07, 6.45) is 1.69. The lowest BCUT2D eigenvalue weighted by Gasteiger charge is -2.19. The summed E-state index contributed by atoms with van der Waals surface area (Å²) in [6.45, 7) is 0.404. The number of alkyl halides is 1. The number of nitrogens with zero attached hydrogens (tertiary/aromatic N) is 2. The van der Waals surface area contributed by atoms with Gasteiger partial charge in [0.05, 0.1) is 23.7 Å². The number of nitrogens with one attached hydrogen (secondary N) is 1. The Balaban J connectivity index is 2.42. The number of aromatic nitrogens is 1. The second kappa shape index (κ2) is 5.44. The van der Waals surface area contributed by atoms with Crippen LogP contribution in [0.3, 0.4) is 0 Å². The van der Waals surface area contributed by atoms with Gasteiger partial charge in [-0.05, 0) is 6.07 Å². The number of ether oxygens (including phenoxy) is 1. The fourth-order valence-electron chi connectivity index (χ4n) is 1.98. The summed E-state index contributed by atoms with van der Waals surface area (Å²) < 4.78 is 4.65. The van der Waals surface area contributed by atoms with Crippen LogP contribution in [0.4, 0.5) is 11.5 Å². The predicted molar refractivity (Wildman–Crippen MR) is 71.7 cm³/mol. The highest BCUT2D eigenvalue weighted by Crippen LogP contribution is 2.30. The molecule has 1 saturated heterocycles. The second-order valence-electron chi connectivity index (χ2n) is 4.14. The van der Waals surface area contributed by atoms with Crippen molar-refractivity contribution in [3.8, 4) is 0 Å². The molecule has 2 heterocycles. The number of anilines is 2. The number of amides is 1. The Morgan fingerprint density at radius 1 is 1.63 bits per heavy atom. The van der Waals surface area contributed by atoms with Crippen LogP contribution in [0.15, 0.2) is 12.3 Å². The fraction of sp³-hybridized carbons (Fsp3) is 0.417. The van der Waals surface area contributed by atoms with Gasteiger partial charge in [-0.15, -0.1) is 11.6 Å². The standard InChI is InChI=1S/C12H14ClN3O3/c1-14-11-9(16-6-8(13)4-10(16)17)3-7(5-15-11)12(18)19-2/h3,5,8H,4,6H2,1-2H3,(H,14,15). The van der Waals surface area contributed by atoms with Gasteiger partial charge in [0.15, 0.2) is 0 Å². The first kappa shape index (κ1) is 13.6. The van der Waals surface area contributed by atoms with Crippen LogP contribution in [0.2, 0.25) is 0 Å². The van der Waals surface area contributed by atoms with Crippen molar-refractivity contribution in [1.82, 2.24) is 4.98 Å². The van der Waals surface area contributed by atoms with Crippen LogP contribution in [0.5, 0.6) is 0 Å². The highest BCUT2D eigenvalue weighted by Gasteiger charge is 2.31. The van der Waals surface area contributed by atoms with Gasteiger partial charge in [0.25, 0.3) is 0 Å². The van der Waals surface area contributed by atoms with E-state index in [1.807, 2.05) is 0 Å². The van der Waals surface area contributed by atoms with E-state index in [0.717, 1.165) is 0 Å². The van der Waals surface area contributed by atoms with E-state index in [9.17, 15) is 9.59 Å². The number of carbonyl (C=O) groups is 2. The molecule has 0 spiro atoms. The smallest absolute Gasteiger partial charge is 0.339 e. The molecule has 7 heteroatoms. The van der Waals surface area contributed by atoms with E-state index in [0.29, 0.717) is 23.6 Å². The van der Waals surface area contributed by atoms with Gasteiger partial charge in [0.2, 0.25) is 5.91 Å². The van der Waals surface area contributed by atoms with Crippen LogP contribution < -0.4 is 10.2 Å². The molecule has 1 amide bonds. The summed E-state index contributed by atoms with van der Waals surface area (Å²) in [7, 11) is 2.99. The van der Waals surface area contributed by atoms with Gasteiger partial charge < -0.3 is 15.0 Å². The van der Waals surface area contributed by atoms with Gasteiger partial charge in [0, 0.05) is 26.2 Å². The lowest BCUT2D eigenvalue weighted by Crippen LogP contribution is -2.26. The van der Waals surface area contributed by atoms with Gasteiger partial charge in [-0.1, -0.05) is 0 Å².